The molecule has 0 unspecified atom stereocenters. The van der Waals surface area contributed by atoms with Gasteiger partial charge in [-0.2, -0.15) is 10.1 Å². The van der Waals surface area contributed by atoms with Crippen molar-refractivity contribution in [2.75, 3.05) is 25.5 Å². The summed E-state index contributed by atoms with van der Waals surface area (Å²) >= 11 is 0. The highest BCUT2D eigenvalue weighted by molar-refractivity contribution is 5.83. The third-order valence-corrected chi connectivity index (χ3v) is 6.68. The lowest BCUT2D eigenvalue weighted by Crippen LogP contribution is -2.31. The number of piperidine rings is 1. The molecule has 1 saturated heterocycles. The minimum atomic E-state index is -0.191. The molecule has 5 heterocycles. The van der Waals surface area contributed by atoms with Crippen molar-refractivity contribution in [3.8, 4) is 17.1 Å². The maximum atomic E-state index is 6.31. The van der Waals surface area contributed by atoms with E-state index in [4.69, 9.17) is 19.7 Å². The van der Waals surface area contributed by atoms with Crippen LogP contribution < -0.4 is 10.1 Å². The monoisotopic (exact) mass is 456 g/mol. The van der Waals surface area contributed by atoms with Gasteiger partial charge < -0.3 is 15.0 Å². The summed E-state index contributed by atoms with van der Waals surface area (Å²) in [5.41, 5.74) is 3.81. The quantitative estimate of drug-likeness (QED) is 0.461. The SMILES string of the molecule is CN1CCC(n2cc(Nc3nc(OC4(C)CC4)c4nc(-c5cccnc5)ccc4n3)cn2)CC1. The molecule has 0 spiro atoms. The zero-order valence-corrected chi connectivity index (χ0v) is 19.5. The van der Waals surface area contributed by atoms with Gasteiger partial charge in [-0.1, -0.05) is 0 Å². The van der Waals surface area contributed by atoms with Gasteiger partial charge in [0.1, 0.15) is 5.60 Å². The molecule has 1 saturated carbocycles. The second kappa shape index (κ2) is 8.32. The zero-order chi connectivity index (χ0) is 23.1. The first-order valence-electron chi connectivity index (χ1n) is 11.8. The van der Waals surface area contributed by atoms with E-state index in [1.807, 2.05) is 36.7 Å². The van der Waals surface area contributed by atoms with Crippen LogP contribution in [0.4, 0.5) is 11.6 Å². The molecular formula is C25H28N8O. The number of fused-ring (bicyclic) bond motifs is 1. The lowest BCUT2D eigenvalue weighted by molar-refractivity contribution is 0.194. The van der Waals surface area contributed by atoms with Crippen molar-refractivity contribution in [3.63, 3.8) is 0 Å². The Balaban J connectivity index is 1.31. The molecule has 174 valence electrons. The van der Waals surface area contributed by atoms with Gasteiger partial charge >= 0.3 is 0 Å². The topological polar surface area (TPSA) is 93.9 Å². The van der Waals surface area contributed by atoms with E-state index in [-0.39, 0.29) is 5.60 Å². The van der Waals surface area contributed by atoms with Gasteiger partial charge in [0, 0.05) is 24.2 Å². The van der Waals surface area contributed by atoms with Crippen LogP contribution in [0.1, 0.15) is 38.6 Å². The second-order valence-corrected chi connectivity index (χ2v) is 9.58. The largest absolute Gasteiger partial charge is 0.470 e. The summed E-state index contributed by atoms with van der Waals surface area (Å²) in [6.07, 6.45) is 11.6. The summed E-state index contributed by atoms with van der Waals surface area (Å²) in [4.78, 5) is 20.9. The predicted molar refractivity (Wildman–Crippen MR) is 130 cm³/mol. The molecule has 1 aliphatic heterocycles. The van der Waals surface area contributed by atoms with Gasteiger partial charge in [-0.25, -0.2) is 9.97 Å². The van der Waals surface area contributed by atoms with Crippen LogP contribution in [0.25, 0.3) is 22.3 Å². The number of hydrogen-bond acceptors (Lipinski definition) is 8. The smallest absolute Gasteiger partial charge is 0.246 e. The summed E-state index contributed by atoms with van der Waals surface area (Å²) in [6, 6.07) is 8.23. The molecule has 0 atom stereocenters. The van der Waals surface area contributed by atoms with Crippen molar-refractivity contribution in [1.82, 2.24) is 34.6 Å². The summed E-state index contributed by atoms with van der Waals surface area (Å²) in [6.45, 7) is 4.29. The van der Waals surface area contributed by atoms with Crippen molar-refractivity contribution in [3.05, 3.63) is 49.1 Å². The van der Waals surface area contributed by atoms with Crippen LogP contribution in [0.5, 0.6) is 5.88 Å². The van der Waals surface area contributed by atoms with Crippen molar-refractivity contribution in [2.45, 2.75) is 44.2 Å². The molecule has 0 aromatic carbocycles. The highest BCUT2D eigenvalue weighted by atomic mass is 16.5. The van der Waals surface area contributed by atoms with E-state index in [0.717, 1.165) is 61.2 Å². The van der Waals surface area contributed by atoms with Crippen molar-refractivity contribution < 1.29 is 4.74 Å². The first-order chi connectivity index (χ1) is 16.5. The molecule has 1 aliphatic carbocycles. The van der Waals surface area contributed by atoms with Gasteiger partial charge in [0.25, 0.3) is 0 Å². The third-order valence-electron chi connectivity index (χ3n) is 6.68. The average molecular weight is 457 g/mol. The van der Waals surface area contributed by atoms with E-state index in [1.54, 1.807) is 12.4 Å². The number of aromatic nitrogens is 6. The highest BCUT2D eigenvalue weighted by Gasteiger charge is 2.41. The number of hydrogen-bond donors (Lipinski definition) is 1. The number of nitrogens with zero attached hydrogens (tertiary/aromatic N) is 7. The van der Waals surface area contributed by atoms with Crippen molar-refractivity contribution >= 4 is 22.7 Å². The van der Waals surface area contributed by atoms with Gasteiger partial charge in [0.05, 0.1) is 29.1 Å². The molecule has 4 aromatic rings. The molecule has 9 nitrogen and oxygen atoms in total. The fraction of sp³-hybridized carbons (Fsp3) is 0.400. The van der Waals surface area contributed by atoms with Gasteiger partial charge in [-0.05, 0) is 77.0 Å². The van der Waals surface area contributed by atoms with E-state index >= 15 is 0 Å². The summed E-state index contributed by atoms with van der Waals surface area (Å²) in [5, 5.41) is 7.91. The van der Waals surface area contributed by atoms with Crippen molar-refractivity contribution in [1.29, 1.82) is 0 Å². The Morgan fingerprint density at radius 2 is 1.91 bits per heavy atom. The zero-order valence-electron chi connectivity index (χ0n) is 19.5. The van der Waals surface area contributed by atoms with Crippen LogP contribution in [0, 0.1) is 0 Å². The van der Waals surface area contributed by atoms with Gasteiger partial charge in [-0.3, -0.25) is 9.67 Å². The number of anilines is 2. The Kier molecular flexibility index (Phi) is 5.13. The number of ether oxygens (including phenoxy) is 1. The molecule has 1 N–H and O–H groups in total. The Morgan fingerprint density at radius 3 is 2.68 bits per heavy atom. The van der Waals surface area contributed by atoms with Crippen LogP contribution >= 0.6 is 0 Å². The first kappa shape index (κ1) is 21.0. The van der Waals surface area contributed by atoms with Crippen LogP contribution in [0.3, 0.4) is 0 Å². The van der Waals surface area contributed by atoms with E-state index in [0.29, 0.717) is 23.4 Å². The molecule has 0 bridgehead atoms. The number of nitrogens with one attached hydrogen (secondary N) is 1. The molecule has 4 aromatic heterocycles. The minimum Gasteiger partial charge on any atom is -0.470 e. The van der Waals surface area contributed by atoms with E-state index in [2.05, 4.69) is 39.0 Å². The van der Waals surface area contributed by atoms with Gasteiger partial charge in [0.15, 0.2) is 5.52 Å². The number of likely N-dealkylation sites (tertiary alicyclic amines) is 1. The molecule has 0 amide bonds. The highest BCUT2D eigenvalue weighted by Crippen LogP contribution is 2.41. The fourth-order valence-electron chi connectivity index (χ4n) is 4.29. The Labute approximate surface area is 198 Å². The molecule has 34 heavy (non-hydrogen) atoms. The van der Waals surface area contributed by atoms with E-state index in [1.165, 1.54) is 0 Å². The van der Waals surface area contributed by atoms with Gasteiger partial charge in [-0.15, -0.1) is 0 Å². The van der Waals surface area contributed by atoms with E-state index < -0.39 is 0 Å². The molecule has 2 aliphatic rings. The third kappa shape index (κ3) is 4.31. The maximum Gasteiger partial charge on any atom is 0.246 e. The van der Waals surface area contributed by atoms with Crippen molar-refractivity contribution in [2.24, 2.45) is 0 Å². The summed E-state index contributed by atoms with van der Waals surface area (Å²) in [5.74, 6) is 0.978. The molecule has 2 fully saturated rings. The summed E-state index contributed by atoms with van der Waals surface area (Å²) < 4.78 is 8.37. The second-order valence-electron chi connectivity index (χ2n) is 9.58. The lowest BCUT2D eigenvalue weighted by Gasteiger charge is -2.28. The molecule has 0 radical (unpaired) electrons. The Bertz CT molecular complexity index is 1310. The van der Waals surface area contributed by atoms with Crippen LogP contribution in [-0.2, 0) is 0 Å². The first-order valence-corrected chi connectivity index (χ1v) is 11.8. The van der Waals surface area contributed by atoms with Crippen LogP contribution in [0.15, 0.2) is 49.1 Å². The Hall–Kier alpha value is -3.59. The van der Waals surface area contributed by atoms with Crippen LogP contribution in [-0.4, -0.2) is 60.4 Å². The van der Waals surface area contributed by atoms with Crippen LogP contribution in [0.2, 0.25) is 0 Å². The molecule has 9 heteroatoms. The van der Waals surface area contributed by atoms with Gasteiger partial charge in [0.2, 0.25) is 11.8 Å². The summed E-state index contributed by atoms with van der Waals surface area (Å²) in [7, 11) is 2.17. The standard InChI is InChI=1S/C25H28N8O/c1-25(9-10-25)34-23-22-21(6-5-20(29-22)17-4-3-11-26-14-17)30-24(31-23)28-18-15-27-33(16-18)19-7-12-32(2)13-8-19/h3-6,11,14-16,19H,7-10,12-13H2,1-2H3,(H,28,30,31). The molecular weight excluding hydrogens is 428 g/mol. The Morgan fingerprint density at radius 1 is 1.06 bits per heavy atom. The number of rotatable bonds is 6. The normalized spacial score (nSPS) is 18.2. The fourth-order valence-corrected chi connectivity index (χ4v) is 4.29. The average Bonchev–Trinajstić information content (AvgIpc) is 3.40. The maximum absolute atomic E-state index is 6.31. The lowest BCUT2D eigenvalue weighted by atomic mass is 10.1. The molecule has 6 rings (SSSR count). The number of pyridine rings is 2. The van der Waals surface area contributed by atoms with E-state index in [9.17, 15) is 0 Å². The minimum absolute atomic E-state index is 0.191. The predicted octanol–water partition coefficient (Wildman–Crippen LogP) is 4.22.